The van der Waals surface area contributed by atoms with Gasteiger partial charge in [-0.05, 0) is 43.5 Å². The fourth-order valence-corrected chi connectivity index (χ4v) is 6.25. The molecule has 1 fully saturated rings. The third-order valence-electron chi connectivity index (χ3n) is 5.69. The lowest BCUT2D eigenvalue weighted by Crippen LogP contribution is -2.50. The Morgan fingerprint density at radius 3 is 2.47 bits per heavy atom. The average Bonchev–Trinajstić information content (AvgIpc) is 3.07. The lowest BCUT2D eigenvalue weighted by molar-refractivity contribution is 0.0691. The SMILES string of the molecule is Cc1c(C(=O)N2CCN(S(=O)(=O)c3cc(Cl)ccc3Cl)CC2)[nH]c2c1C(=O)CCC2. The van der Waals surface area contributed by atoms with Gasteiger partial charge in [-0.2, -0.15) is 4.31 Å². The zero-order valence-electron chi connectivity index (χ0n) is 16.4. The molecule has 10 heteroatoms. The monoisotopic (exact) mass is 469 g/mol. The summed E-state index contributed by atoms with van der Waals surface area (Å²) < 4.78 is 27.2. The number of sulfonamides is 1. The molecule has 1 amide bonds. The van der Waals surface area contributed by atoms with Crippen LogP contribution in [0.15, 0.2) is 23.1 Å². The molecule has 1 aromatic heterocycles. The third-order valence-corrected chi connectivity index (χ3v) is 8.30. The Kier molecular flexibility index (Phi) is 5.69. The number of carbonyl (C=O) groups is 2. The van der Waals surface area contributed by atoms with Crippen molar-refractivity contribution in [2.24, 2.45) is 0 Å². The molecule has 0 radical (unpaired) electrons. The van der Waals surface area contributed by atoms with E-state index < -0.39 is 10.0 Å². The van der Waals surface area contributed by atoms with Crippen molar-refractivity contribution in [2.45, 2.75) is 31.1 Å². The summed E-state index contributed by atoms with van der Waals surface area (Å²) in [6, 6.07) is 4.32. The quantitative estimate of drug-likeness (QED) is 0.746. The maximum absolute atomic E-state index is 13.0. The number of aromatic nitrogens is 1. The first-order valence-electron chi connectivity index (χ1n) is 9.69. The number of hydrogen-bond acceptors (Lipinski definition) is 4. The van der Waals surface area contributed by atoms with E-state index in [0.717, 1.165) is 18.5 Å². The van der Waals surface area contributed by atoms with Gasteiger partial charge in [0.15, 0.2) is 5.78 Å². The molecule has 0 saturated carbocycles. The molecule has 1 aromatic carbocycles. The van der Waals surface area contributed by atoms with E-state index in [9.17, 15) is 18.0 Å². The van der Waals surface area contributed by atoms with Crippen molar-refractivity contribution < 1.29 is 18.0 Å². The number of carbonyl (C=O) groups excluding carboxylic acids is 2. The van der Waals surface area contributed by atoms with Crippen LogP contribution in [0.3, 0.4) is 0 Å². The highest BCUT2D eigenvalue weighted by molar-refractivity contribution is 7.89. The van der Waals surface area contributed by atoms with Crippen LogP contribution in [0.1, 0.15) is 44.9 Å². The topological polar surface area (TPSA) is 90.6 Å². The summed E-state index contributed by atoms with van der Waals surface area (Å²) in [7, 11) is -3.82. The van der Waals surface area contributed by atoms with Crippen molar-refractivity contribution in [3.8, 4) is 0 Å². The van der Waals surface area contributed by atoms with E-state index in [2.05, 4.69) is 4.98 Å². The van der Waals surface area contributed by atoms with Gasteiger partial charge in [0, 0.05) is 48.9 Å². The van der Waals surface area contributed by atoms with Crippen molar-refractivity contribution >= 4 is 44.9 Å². The first-order chi connectivity index (χ1) is 14.2. The Labute approximate surface area is 185 Å². The Hall–Kier alpha value is -1.87. The molecule has 1 saturated heterocycles. The molecular weight excluding hydrogens is 449 g/mol. The number of aromatic amines is 1. The predicted molar refractivity (Wildman–Crippen MR) is 114 cm³/mol. The van der Waals surface area contributed by atoms with Crippen molar-refractivity contribution in [3.05, 3.63) is 50.8 Å². The number of amides is 1. The van der Waals surface area contributed by atoms with Crippen molar-refractivity contribution in [1.29, 1.82) is 0 Å². The molecule has 30 heavy (non-hydrogen) atoms. The van der Waals surface area contributed by atoms with Gasteiger partial charge < -0.3 is 9.88 Å². The molecule has 4 rings (SSSR count). The molecule has 0 unspecified atom stereocenters. The third kappa shape index (κ3) is 3.66. The Balaban J connectivity index is 1.51. The van der Waals surface area contributed by atoms with Gasteiger partial charge in [0.2, 0.25) is 10.0 Å². The molecule has 2 heterocycles. The van der Waals surface area contributed by atoms with Crippen LogP contribution in [0.5, 0.6) is 0 Å². The van der Waals surface area contributed by atoms with Gasteiger partial charge >= 0.3 is 0 Å². The van der Waals surface area contributed by atoms with Crippen LogP contribution in [0, 0.1) is 6.92 Å². The zero-order valence-corrected chi connectivity index (χ0v) is 18.7. The molecular formula is C20H21Cl2N3O4S. The van der Waals surface area contributed by atoms with Crippen molar-refractivity contribution in [2.75, 3.05) is 26.2 Å². The maximum Gasteiger partial charge on any atom is 0.270 e. The fraction of sp³-hybridized carbons (Fsp3) is 0.400. The number of nitrogens with zero attached hydrogens (tertiary/aromatic N) is 2. The van der Waals surface area contributed by atoms with Gasteiger partial charge in [0.25, 0.3) is 5.91 Å². The summed E-state index contributed by atoms with van der Waals surface area (Å²) in [6.45, 7) is 2.57. The van der Waals surface area contributed by atoms with Crippen molar-refractivity contribution in [3.63, 3.8) is 0 Å². The molecule has 1 aliphatic heterocycles. The molecule has 2 aliphatic rings. The summed E-state index contributed by atoms with van der Waals surface area (Å²) in [5.41, 5.74) is 2.57. The van der Waals surface area contributed by atoms with Gasteiger partial charge in [0.1, 0.15) is 10.6 Å². The van der Waals surface area contributed by atoms with E-state index in [4.69, 9.17) is 23.2 Å². The lowest BCUT2D eigenvalue weighted by atomic mass is 9.94. The summed E-state index contributed by atoms with van der Waals surface area (Å²) in [4.78, 5) is 30.0. The minimum atomic E-state index is -3.82. The number of piperazine rings is 1. The molecule has 0 bridgehead atoms. The molecule has 0 spiro atoms. The molecule has 7 nitrogen and oxygen atoms in total. The van der Waals surface area contributed by atoms with Crippen LogP contribution < -0.4 is 0 Å². The first-order valence-corrected chi connectivity index (χ1v) is 11.9. The van der Waals surface area contributed by atoms with Crippen LogP contribution in [0.25, 0.3) is 0 Å². The van der Waals surface area contributed by atoms with Gasteiger partial charge in [0.05, 0.1) is 5.02 Å². The number of nitrogens with one attached hydrogen (secondary N) is 1. The van der Waals surface area contributed by atoms with Crippen LogP contribution in [-0.2, 0) is 16.4 Å². The minimum Gasteiger partial charge on any atom is -0.354 e. The number of aryl methyl sites for hydroxylation is 1. The number of halogens is 2. The molecule has 2 aromatic rings. The van der Waals surface area contributed by atoms with Crippen LogP contribution in [0.2, 0.25) is 10.0 Å². The normalized spacial score (nSPS) is 17.8. The number of fused-ring (bicyclic) bond motifs is 1. The number of benzene rings is 1. The van der Waals surface area contributed by atoms with Gasteiger partial charge in [-0.3, -0.25) is 9.59 Å². The second-order valence-corrected chi connectivity index (χ2v) is 10.3. The standard InChI is InChI=1S/C20H21Cl2N3O4S/c1-12-18-15(3-2-4-16(18)26)23-19(12)20(27)24-7-9-25(10-8-24)30(28,29)17-11-13(21)5-6-14(17)22/h5-6,11,23H,2-4,7-10H2,1H3. The minimum absolute atomic E-state index is 0.0390. The molecule has 160 valence electrons. The number of H-pyrrole nitrogens is 1. The predicted octanol–water partition coefficient (Wildman–Crippen LogP) is 3.30. The number of ketones is 1. The van der Waals surface area contributed by atoms with Crippen LogP contribution >= 0.6 is 23.2 Å². The summed E-state index contributed by atoms with van der Waals surface area (Å²) >= 11 is 12.0. The Morgan fingerprint density at radius 1 is 1.10 bits per heavy atom. The lowest BCUT2D eigenvalue weighted by Gasteiger charge is -2.34. The summed E-state index contributed by atoms with van der Waals surface area (Å²) in [5.74, 6) is -0.147. The van der Waals surface area contributed by atoms with E-state index in [1.807, 2.05) is 0 Å². The van der Waals surface area contributed by atoms with Gasteiger partial charge in [-0.1, -0.05) is 23.2 Å². The van der Waals surface area contributed by atoms with E-state index in [-0.39, 0.29) is 52.8 Å². The van der Waals surface area contributed by atoms with Gasteiger partial charge in [-0.25, -0.2) is 8.42 Å². The Bertz CT molecular complexity index is 1140. The van der Waals surface area contributed by atoms with E-state index in [1.54, 1.807) is 11.8 Å². The average molecular weight is 470 g/mol. The first kappa shape index (κ1) is 21.4. The number of Topliss-reactive ketones (excluding diaryl/α,β-unsaturated/α-hetero) is 1. The second kappa shape index (κ2) is 8.00. The smallest absolute Gasteiger partial charge is 0.270 e. The number of rotatable bonds is 3. The zero-order chi connectivity index (χ0) is 21.6. The fourth-order valence-electron chi connectivity index (χ4n) is 4.09. The highest BCUT2D eigenvalue weighted by Gasteiger charge is 2.34. The molecule has 1 aliphatic carbocycles. The summed E-state index contributed by atoms with van der Waals surface area (Å²) in [5, 5.41) is 0.391. The van der Waals surface area contributed by atoms with Gasteiger partial charge in [-0.15, -0.1) is 0 Å². The maximum atomic E-state index is 13.0. The van der Waals surface area contributed by atoms with E-state index in [1.165, 1.54) is 22.5 Å². The van der Waals surface area contributed by atoms with Crippen LogP contribution in [-0.4, -0.2) is 60.5 Å². The number of hydrogen-bond donors (Lipinski definition) is 1. The highest BCUT2D eigenvalue weighted by atomic mass is 35.5. The largest absolute Gasteiger partial charge is 0.354 e. The summed E-state index contributed by atoms with van der Waals surface area (Å²) in [6.07, 6.45) is 2.03. The van der Waals surface area contributed by atoms with Crippen LogP contribution in [0.4, 0.5) is 0 Å². The molecule has 1 N–H and O–H groups in total. The Morgan fingerprint density at radius 2 is 1.80 bits per heavy atom. The van der Waals surface area contributed by atoms with E-state index >= 15 is 0 Å². The molecule has 0 atom stereocenters. The second-order valence-electron chi connectivity index (χ2n) is 7.53. The highest BCUT2D eigenvalue weighted by Crippen LogP contribution is 2.30. The van der Waals surface area contributed by atoms with Crippen molar-refractivity contribution in [1.82, 2.24) is 14.2 Å². The van der Waals surface area contributed by atoms with E-state index in [0.29, 0.717) is 23.2 Å².